The van der Waals surface area contributed by atoms with Crippen LogP contribution in [-0.4, -0.2) is 20.5 Å². The molecule has 6 heteroatoms. The van der Waals surface area contributed by atoms with Crippen LogP contribution in [0.2, 0.25) is 0 Å². The minimum Gasteiger partial charge on any atom is -0.329 e. The van der Waals surface area contributed by atoms with Crippen molar-refractivity contribution in [3.63, 3.8) is 0 Å². The molecule has 0 heterocycles. The Morgan fingerprint density at radius 1 is 1.42 bits per heavy atom. The molecule has 0 spiro atoms. The normalized spacial score (nSPS) is 15.5. The molecule has 0 bridgehead atoms. The van der Waals surface area contributed by atoms with Gasteiger partial charge in [0.15, 0.2) is 0 Å². The van der Waals surface area contributed by atoms with Gasteiger partial charge in [0.25, 0.3) is 0 Å². The number of aryl methyl sites for hydroxylation is 1. The Hall–Kier alpha value is -0.430. The Labute approximate surface area is 124 Å². The highest BCUT2D eigenvalue weighted by Gasteiger charge is 2.33. The minimum absolute atomic E-state index is 0.0940. The van der Waals surface area contributed by atoms with Gasteiger partial charge in [-0.2, -0.15) is 0 Å². The van der Waals surface area contributed by atoms with Crippen molar-refractivity contribution < 1.29 is 8.42 Å². The fourth-order valence-corrected chi connectivity index (χ4v) is 4.32. The van der Waals surface area contributed by atoms with E-state index in [9.17, 15) is 8.42 Å². The molecule has 0 saturated carbocycles. The van der Waals surface area contributed by atoms with E-state index < -0.39 is 15.6 Å². The third-order valence-electron chi connectivity index (χ3n) is 3.44. The van der Waals surface area contributed by atoms with Crippen LogP contribution >= 0.6 is 15.9 Å². The predicted molar refractivity (Wildman–Crippen MR) is 81.5 cm³/mol. The van der Waals surface area contributed by atoms with Gasteiger partial charge in [-0.1, -0.05) is 19.9 Å². The molecule has 0 saturated heterocycles. The largest absolute Gasteiger partial charge is 0.329 e. The van der Waals surface area contributed by atoms with Gasteiger partial charge in [-0.05, 0) is 53.4 Å². The smallest absolute Gasteiger partial charge is 0.242 e. The first-order valence-corrected chi connectivity index (χ1v) is 8.40. The van der Waals surface area contributed by atoms with E-state index in [1.807, 2.05) is 27.7 Å². The fraction of sp³-hybridized carbons (Fsp3) is 0.538. The first-order chi connectivity index (χ1) is 8.62. The Balaban J connectivity index is 3.18. The number of halogens is 1. The van der Waals surface area contributed by atoms with Gasteiger partial charge >= 0.3 is 0 Å². The van der Waals surface area contributed by atoms with Crippen molar-refractivity contribution in [1.82, 2.24) is 4.72 Å². The zero-order valence-electron chi connectivity index (χ0n) is 11.7. The van der Waals surface area contributed by atoms with Gasteiger partial charge in [0.1, 0.15) is 0 Å². The highest BCUT2D eigenvalue weighted by molar-refractivity contribution is 9.10. The molecule has 0 aromatic heterocycles. The quantitative estimate of drug-likeness (QED) is 0.858. The van der Waals surface area contributed by atoms with E-state index in [1.54, 1.807) is 18.2 Å². The summed E-state index contributed by atoms with van der Waals surface area (Å²) in [6, 6.07) is 5.15. The zero-order chi connectivity index (χ0) is 14.8. The molecule has 0 amide bonds. The Bertz CT molecular complexity index is 558. The van der Waals surface area contributed by atoms with E-state index in [4.69, 9.17) is 5.73 Å². The third kappa shape index (κ3) is 3.78. The van der Waals surface area contributed by atoms with E-state index >= 15 is 0 Å². The Morgan fingerprint density at radius 3 is 2.42 bits per heavy atom. The van der Waals surface area contributed by atoms with Crippen LogP contribution in [0.15, 0.2) is 27.6 Å². The number of hydrogen-bond donors (Lipinski definition) is 2. The summed E-state index contributed by atoms with van der Waals surface area (Å²) < 4.78 is 28.2. The first kappa shape index (κ1) is 16.6. The van der Waals surface area contributed by atoms with E-state index in [0.717, 1.165) is 5.56 Å². The Morgan fingerprint density at radius 2 is 2.00 bits per heavy atom. The second kappa shape index (κ2) is 5.91. The first-order valence-electron chi connectivity index (χ1n) is 6.12. The molecular weight excluding hydrogens is 328 g/mol. The van der Waals surface area contributed by atoms with Gasteiger partial charge in [0.2, 0.25) is 10.0 Å². The fourth-order valence-electron chi connectivity index (χ4n) is 1.58. The number of sulfonamides is 1. The highest BCUT2D eigenvalue weighted by atomic mass is 79.9. The molecule has 1 atom stereocenters. The summed E-state index contributed by atoms with van der Waals surface area (Å²) in [4.78, 5) is 0.235. The number of hydrogen-bond acceptors (Lipinski definition) is 3. The van der Waals surface area contributed by atoms with Crippen LogP contribution in [0.4, 0.5) is 0 Å². The maximum absolute atomic E-state index is 12.4. The number of rotatable bonds is 5. The summed E-state index contributed by atoms with van der Waals surface area (Å²) in [7, 11) is -3.60. The van der Waals surface area contributed by atoms with Crippen LogP contribution in [0.3, 0.4) is 0 Å². The second-order valence-corrected chi connectivity index (χ2v) is 7.82. The third-order valence-corrected chi connectivity index (χ3v) is 6.03. The van der Waals surface area contributed by atoms with Crippen LogP contribution in [0, 0.1) is 12.8 Å². The summed E-state index contributed by atoms with van der Waals surface area (Å²) in [5.74, 6) is 0.0940. The molecule has 1 aromatic rings. The van der Waals surface area contributed by atoms with Crippen molar-refractivity contribution in [3.8, 4) is 0 Å². The van der Waals surface area contributed by atoms with Crippen LogP contribution in [0.5, 0.6) is 0 Å². The van der Waals surface area contributed by atoms with Crippen molar-refractivity contribution >= 4 is 26.0 Å². The minimum atomic E-state index is -3.60. The van der Waals surface area contributed by atoms with Crippen LogP contribution in [0.25, 0.3) is 0 Å². The van der Waals surface area contributed by atoms with E-state index in [2.05, 4.69) is 20.7 Å². The second-order valence-electron chi connectivity index (χ2n) is 5.32. The number of nitrogens with two attached hydrogens (primary N) is 1. The van der Waals surface area contributed by atoms with Crippen molar-refractivity contribution in [2.24, 2.45) is 11.7 Å². The van der Waals surface area contributed by atoms with Gasteiger partial charge < -0.3 is 5.73 Å². The lowest BCUT2D eigenvalue weighted by Crippen LogP contribution is -2.54. The number of nitrogens with one attached hydrogen (secondary N) is 1. The predicted octanol–water partition coefficient (Wildman–Crippen LogP) is 2.41. The molecule has 0 radical (unpaired) electrons. The van der Waals surface area contributed by atoms with E-state index in [-0.39, 0.29) is 17.4 Å². The van der Waals surface area contributed by atoms with Gasteiger partial charge in [-0.25, -0.2) is 13.1 Å². The summed E-state index contributed by atoms with van der Waals surface area (Å²) in [5.41, 5.74) is 6.05. The average Bonchev–Trinajstić information content (AvgIpc) is 2.27. The lowest BCUT2D eigenvalue weighted by molar-refractivity contribution is 0.315. The van der Waals surface area contributed by atoms with E-state index in [1.165, 1.54) is 0 Å². The molecule has 1 aromatic carbocycles. The molecule has 4 nitrogen and oxygen atoms in total. The lowest BCUT2D eigenvalue weighted by Gasteiger charge is -2.33. The summed E-state index contributed by atoms with van der Waals surface area (Å²) in [6.45, 7) is 7.86. The van der Waals surface area contributed by atoms with Crippen molar-refractivity contribution in [2.75, 3.05) is 6.54 Å². The van der Waals surface area contributed by atoms with Crippen molar-refractivity contribution in [2.45, 2.75) is 38.1 Å². The van der Waals surface area contributed by atoms with Gasteiger partial charge in [0, 0.05) is 16.6 Å². The molecular formula is C13H21BrN2O2S. The standard InChI is InChI=1S/C13H21BrN2O2S/c1-9(2)13(4,8-15)16-19(17,18)12-6-5-10(3)7-11(12)14/h5-7,9,16H,8,15H2,1-4H3. The average molecular weight is 349 g/mol. The number of benzene rings is 1. The van der Waals surface area contributed by atoms with Gasteiger partial charge in [-0.3, -0.25) is 0 Å². The topological polar surface area (TPSA) is 72.2 Å². The molecule has 3 N–H and O–H groups in total. The maximum Gasteiger partial charge on any atom is 0.242 e. The molecule has 0 aliphatic carbocycles. The molecule has 1 rings (SSSR count). The SMILES string of the molecule is Cc1ccc(S(=O)(=O)NC(C)(CN)C(C)C)c(Br)c1. The van der Waals surface area contributed by atoms with Crippen LogP contribution in [-0.2, 0) is 10.0 Å². The molecule has 0 fully saturated rings. The molecule has 0 aliphatic rings. The monoisotopic (exact) mass is 348 g/mol. The maximum atomic E-state index is 12.4. The summed E-state index contributed by atoms with van der Waals surface area (Å²) in [5, 5.41) is 0. The summed E-state index contributed by atoms with van der Waals surface area (Å²) in [6.07, 6.45) is 0. The Kier molecular flexibility index (Phi) is 5.17. The van der Waals surface area contributed by atoms with E-state index in [0.29, 0.717) is 4.47 Å². The van der Waals surface area contributed by atoms with Crippen LogP contribution in [0.1, 0.15) is 26.3 Å². The van der Waals surface area contributed by atoms with Gasteiger partial charge in [-0.15, -0.1) is 0 Å². The van der Waals surface area contributed by atoms with Crippen molar-refractivity contribution in [3.05, 3.63) is 28.2 Å². The summed E-state index contributed by atoms with van der Waals surface area (Å²) >= 11 is 3.30. The van der Waals surface area contributed by atoms with Crippen LogP contribution < -0.4 is 10.5 Å². The zero-order valence-corrected chi connectivity index (χ0v) is 14.1. The lowest BCUT2D eigenvalue weighted by atomic mass is 9.90. The van der Waals surface area contributed by atoms with Gasteiger partial charge in [0.05, 0.1) is 4.90 Å². The molecule has 0 aliphatic heterocycles. The molecule has 1 unspecified atom stereocenters. The molecule has 19 heavy (non-hydrogen) atoms. The molecule has 108 valence electrons. The van der Waals surface area contributed by atoms with Crippen molar-refractivity contribution in [1.29, 1.82) is 0 Å². The highest BCUT2D eigenvalue weighted by Crippen LogP contribution is 2.25.